The number of anilines is 1. The summed E-state index contributed by atoms with van der Waals surface area (Å²) in [6, 6.07) is 3.76. The van der Waals surface area contributed by atoms with Crippen LogP contribution in [0.15, 0.2) is 24.5 Å². The van der Waals surface area contributed by atoms with Gasteiger partial charge in [0.1, 0.15) is 17.5 Å². The fourth-order valence-electron chi connectivity index (χ4n) is 2.23. The number of nitrogens with two attached hydrogens (primary N) is 1. The lowest BCUT2D eigenvalue weighted by molar-refractivity contribution is 0.103. The van der Waals surface area contributed by atoms with Crippen molar-refractivity contribution in [2.75, 3.05) is 5.73 Å². The number of fused-ring (bicyclic) bond motifs is 1. The highest BCUT2D eigenvalue weighted by molar-refractivity contribution is 6.38. The Labute approximate surface area is 133 Å². The molecule has 0 saturated heterocycles. The van der Waals surface area contributed by atoms with E-state index in [2.05, 4.69) is 9.97 Å². The number of carbonyl (C=O) groups is 1. The lowest BCUT2D eigenvalue weighted by atomic mass is 10.0. The summed E-state index contributed by atoms with van der Waals surface area (Å²) in [5.74, 6) is -3.14. The molecule has 1 aromatic carbocycles. The Morgan fingerprint density at radius 2 is 2.13 bits per heavy atom. The summed E-state index contributed by atoms with van der Waals surface area (Å²) in [5, 5.41) is 9.08. The molecular weight excluding hydrogens is 326 g/mol. The highest BCUT2D eigenvalue weighted by Gasteiger charge is 2.25. The lowest BCUT2D eigenvalue weighted by Gasteiger charge is -2.06. The fourth-order valence-corrected chi connectivity index (χ4v) is 2.51. The van der Waals surface area contributed by atoms with Crippen molar-refractivity contribution in [2.24, 2.45) is 0 Å². The normalized spacial score (nSPS) is 10.7. The van der Waals surface area contributed by atoms with Crippen LogP contribution in [-0.2, 0) is 0 Å². The standard InChI is InChI=1S/C15H7ClF2N4O/c16-12-6(3-19)4-21-15-10(12)7(5-22-15)14(23)11-8(17)1-2-9(20)13(11)18/h1-2,4-5H,20H2,(H,21,22). The van der Waals surface area contributed by atoms with Crippen molar-refractivity contribution in [3.05, 3.63) is 57.9 Å². The van der Waals surface area contributed by atoms with E-state index in [4.69, 9.17) is 22.6 Å². The first-order chi connectivity index (χ1) is 11.0. The number of nitrogens with one attached hydrogen (secondary N) is 1. The van der Waals surface area contributed by atoms with Crippen LogP contribution in [0, 0.1) is 23.0 Å². The van der Waals surface area contributed by atoms with Crippen molar-refractivity contribution in [3.63, 3.8) is 0 Å². The van der Waals surface area contributed by atoms with Gasteiger partial charge in [0, 0.05) is 17.8 Å². The molecule has 2 aromatic heterocycles. The van der Waals surface area contributed by atoms with Gasteiger partial charge in [-0.2, -0.15) is 5.26 Å². The highest BCUT2D eigenvalue weighted by Crippen LogP contribution is 2.31. The molecule has 23 heavy (non-hydrogen) atoms. The quantitative estimate of drug-likeness (QED) is 0.556. The molecule has 0 aliphatic heterocycles. The number of benzene rings is 1. The van der Waals surface area contributed by atoms with E-state index >= 15 is 0 Å². The maximum Gasteiger partial charge on any atom is 0.201 e. The zero-order valence-electron chi connectivity index (χ0n) is 11.3. The van der Waals surface area contributed by atoms with Crippen molar-refractivity contribution < 1.29 is 13.6 Å². The van der Waals surface area contributed by atoms with Gasteiger partial charge >= 0.3 is 0 Å². The lowest BCUT2D eigenvalue weighted by Crippen LogP contribution is -2.09. The average molecular weight is 333 g/mol. The molecule has 0 atom stereocenters. The van der Waals surface area contributed by atoms with Gasteiger partial charge in [-0.05, 0) is 12.1 Å². The number of pyridine rings is 1. The van der Waals surface area contributed by atoms with E-state index in [9.17, 15) is 13.6 Å². The van der Waals surface area contributed by atoms with Crippen LogP contribution >= 0.6 is 11.6 Å². The Hall–Kier alpha value is -2.98. The van der Waals surface area contributed by atoms with Crippen LogP contribution < -0.4 is 5.73 Å². The van der Waals surface area contributed by atoms with Crippen molar-refractivity contribution in [1.29, 1.82) is 5.26 Å². The minimum absolute atomic E-state index is 0.0215. The van der Waals surface area contributed by atoms with Crippen LogP contribution in [0.2, 0.25) is 5.02 Å². The molecule has 0 fully saturated rings. The van der Waals surface area contributed by atoms with Crippen molar-refractivity contribution >= 4 is 34.1 Å². The van der Waals surface area contributed by atoms with Gasteiger partial charge in [0.2, 0.25) is 5.78 Å². The monoisotopic (exact) mass is 332 g/mol. The van der Waals surface area contributed by atoms with Gasteiger partial charge in [0.15, 0.2) is 5.82 Å². The van der Waals surface area contributed by atoms with E-state index in [0.29, 0.717) is 0 Å². The molecule has 3 aromatic rings. The molecule has 0 aliphatic carbocycles. The number of aromatic nitrogens is 2. The topological polar surface area (TPSA) is 95.6 Å². The van der Waals surface area contributed by atoms with Crippen molar-refractivity contribution in [2.45, 2.75) is 0 Å². The average Bonchev–Trinajstić information content (AvgIpc) is 2.96. The predicted octanol–water partition coefficient (Wildman–Crippen LogP) is 3.18. The molecule has 0 radical (unpaired) electrons. The number of ketones is 1. The molecule has 2 heterocycles. The zero-order chi connectivity index (χ0) is 16.7. The number of nitrogens with zero attached hydrogens (tertiary/aromatic N) is 2. The summed E-state index contributed by atoms with van der Waals surface area (Å²) in [4.78, 5) is 19.2. The Morgan fingerprint density at radius 3 is 2.83 bits per heavy atom. The third-order valence-electron chi connectivity index (χ3n) is 3.35. The van der Waals surface area contributed by atoms with Gasteiger partial charge in [-0.3, -0.25) is 4.79 Å². The number of hydrogen-bond donors (Lipinski definition) is 2. The van der Waals surface area contributed by atoms with Crippen LogP contribution in [0.5, 0.6) is 0 Å². The smallest absolute Gasteiger partial charge is 0.201 e. The Kier molecular flexibility index (Phi) is 3.47. The molecule has 114 valence electrons. The second-order valence-corrected chi connectivity index (χ2v) is 5.06. The summed E-state index contributed by atoms with van der Waals surface area (Å²) in [6.07, 6.45) is 2.46. The number of H-pyrrole nitrogens is 1. The number of rotatable bonds is 2. The molecule has 0 aliphatic rings. The van der Waals surface area contributed by atoms with E-state index in [1.165, 1.54) is 12.4 Å². The van der Waals surface area contributed by atoms with Gasteiger partial charge in [-0.25, -0.2) is 13.8 Å². The maximum absolute atomic E-state index is 14.1. The van der Waals surface area contributed by atoms with Gasteiger partial charge in [0.25, 0.3) is 0 Å². The van der Waals surface area contributed by atoms with Crippen molar-refractivity contribution in [3.8, 4) is 6.07 Å². The summed E-state index contributed by atoms with van der Waals surface area (Å²) in [5.41, 5.74) is 4.42. The number of nitrogen functional groups attached to an aromatic ring is 1. The second kappa shape index (κ2) is 5.34. The van der Waals surface area contributed by atoms with Crippen LogP contribution in [0.3, 0.4) is 0 Å². The van der Waals surface area contributed by atoms with Crippen LogP contribution in [-0.4, -0.2) is 15.8 Å². The molecule has 3 N–H and O–H groups in total. The minimum Gasteiger partial charge on any atom is -0.396 e. The van der Waals surface area contributed by atoms with Crippen molar-refractivity contribution in [1.82, 2.24) is 9.97 Å². The number of halogens is 3. The third-order valence-corrected chi connectivity index (χ3v) is 3.74. The summed E-state index contributed by atoms with van der Waals surface area (Å²) in [6.45, 7) is 0. The number of carbonyl (C=O) groups excluding carboxylic acids is 1. The minimum atomic E-state index is -1.15. The number of hydrogen-bond acceptors (Lipinski definition) is 4. The molecule has 0 amide bonds. The fraction of sp³-hybridized carbons (Fsp3) is 0. The van der Waals surface area contributed by atoms with Gasteiger partial charge in [0.05, 0.1) is 27.4 Å². The summed E-state index contributed by atoms with van der Waals surface area (Å²) in [7, 11) is 0. The number of nitriles is 1. The molecule has 0 unspecified atom stereocenters. The molecule has 3 rings (SSSR count). The molecular formula is C15H7ClF2N4O. The Morgan fingerprint density at radius 1 is 1.39 bits per heavy atom. The SMILES string of the molecule is N#Cc1cnc2[nH]cc(C(=O)c3c(F)ccc(N)c3F)c2c1Cl. The van der Waals surface area contributed by atoms with E-state index in [1.54, 1.807) is 0 Å². The van der Waals surface area contributed by atoms with Gasteiger partial charge < -0.3 is 10.7 Å². The van der Waals surface area contributed by atoms with E-state index < -0.39 is 23.0 Å². The first-order valence-electron chi connectivity index (χ1n) is 6.29. The van der Waals surface area contributed by atoms with E-state index in [0.717, 1.165) is 12.1 Å². The van der Waals surface area contributed by atoms with E-state index in [1.807, 2.05) is 6.07 Å². The Bertz CT molecular complexity index is 1010. The Balaban J connectivity index is 2.28. The molecule has 0 bridgehead atoms. The predicted molar refractivity (Wildman–Crippen MR) is 80.0 cm³/mol. The molecule has 0 spiro atoms. The molecule has 5 nitrogen and oxygen atoms in total. The summed E-state index contributed by atoms with van der Waals surface area (Å²) >= 11 is 6.08. The number of aromatic amines is 1. The van der Waals surface area contributed by atoms with Gasteiger partial charge in [-0.1, -0.05) is 11.6 Å². The second-order valence-electron chi connectivity index (χ2n) is 4.68. The first kappa shape index (κ1) is 14.9. The largest absolute Gasteiger partial charge is 0.396 e. The molecule has 0 saturated carbocycles. The van der Waals surface area contributed by atoms with Crippen LogP contribution in [0.25, 0.3) is 11.0 Å². The van der Waals surface area contributed by atoms with Gasteiger partial charge in [-0.15, -0.1) is 0 Å². The first-order valence-corrected chi connectivity index (χ1v) is 6.67. The van der Waals surface area contributed by atoms with E-state index in [-0.39, 0.29) is 32.9 Å². The van der Waals surface area contributed by atoms with Crippen LogP contribution in [0.4, 0.5) is 14.5 Å². The third kappa shape index (κ3) is 2.20. The highest BCUT2D eigenvalue weighted by atomic mass is 35.5. The zero-order valence-corrected chi connectivity index (χ0v) is 12.1. The van der Waals surface area contributed by atoms with Crippen LogP contribution in [0.1, 0.15) is 21.5 Å². The molecule has 8 heteroatoms. The maximum atomic E-state index is 14.1. The summed E-state index contributed by atoms with van der Waals surface area (Å²) < 4.78 is 27.9.